The first kappa shape index (κ1) is 27.9. The van der Waals surface area contributed by atoms with Gasteiger partial charge in [0.1, 0.15) is 11.4 Å². The minimum atomic E-state index is -0.611. The zero-order valence-electron chi connectivity index (χ0n) is 23.5. The number of aromatic nitrogens is 2. The second kappa shape index (κ2) is 11.3. The van der Waals surface area contributed by atoms with Crippen molar-refractivity contribution in [2.75, 3.05) is 19.6 Å². The molecule has 7 heteroatoms. The molecule has 3 aromatic rings. The van der Waals surface area contributed by atoms with Crippen molar-refractivity contribution >= 4 is 6.09 Å². The number of nitrogens with one attached hydrogen (secondary N) is 1. The van der Waals surface area contributed by atoms with Crippen LogP contribution in [0.5, 0.6) is 0 Å². The molecule has 0 unspecified atom stereocenters. The van der Waals surface area contributed by atoms with Crippen molar-refractivity contribution in [1.82, 2.24) is 19.8 Å². The number of likely N-dealkylation sites (tertiary alicyclic amines) is 1. The topological polar surface area (TPSA) is 79.6 Å². The molecule has 7 nitrogen and oxygen atoms in total. The first-order valence-electron chi connectivity index (χ1n) is 13.5. The Bertz CT molecular complexity index is 1200. The molecule has 1 amide bonds. The number of hydrogen-bond acceptors (Lipinski definition) is 5. The highest BCUT2D eigenvalue weighted by molar-refractivity contribution is 5.68. The van der Waals surface area contributed by atoms with Crippen LogP contribution in [0, 0.1) is 11.3 Å². The molecule has 1 aliphatic heterocycles. The van der Waals surface area contributed by atoms with Crippen molar-refractivity contribution in [3.63, 3.8) is 0 Å². The van der Waals surface area contributed by atoms with Crippen LogP contribution in [0.2, 0.25) is 0 Å². The minimum Gasteiger partial charge on any atom is -0.444 e. The zero-order chi connectivity index (χ0) is 27.5. The van der Waals surface area contributed by atoms with Gasteiger partial charge in [0.15, 0.2) is 0 Å². The number of aliphatic hydroxyl groups is 1. The SMILES string of the molecule is CC(C)(C)OC(=O)N1C[C@H](CN[C@@H](c2nc(-c3ccccc3)cn2Cc2ccccc2)C(C)(C)C)[C@@H](O)C1. The van der Waals surface area contributed by atoms with Gasteiger partial charge in [0, 0.05) is 37.3 Å². The minimum absolute atomic E-state index is 0.0774. The number of ether oxygens (including phenoxy) is 1. The van der Waals surface area contributed by atoms with E-state index < -0.39 is 11.7 Å². The van der Waals surface area contributed by atoms with Crippen LogP contribution in [-0.2, 0) is 11.3 Å². The highest BCUT2D eigenvalue weighted by Crippen LogP contribution is 2.35. The number of hydrogen-bond donors (Lipinski definition) is 2. The molecule has 1 aliphatic rings. The Balaban J connectivity index is 1.57. The quantitative estimate of drug-likeness (QED) is 0.432. The number of amides is 1. The molecule has 1 aromatic heterocycles. The van der Waals surface area contributed by atoms with E-state index in [2.05, 4.69) is 73.3 Å². The molecule has 0 aliphatic carbocycles. The Morgan fingerprint density at radius 1 is 1.03 bits per heavy atom. The Labute approximate surface area is 226 Å². The molecule has 1 saturated heterocycles. The van der Waals surface area contributed by atoms with Crippen LogP contribution < -0.4 is 5.32 Å². The predicted octanol–water partition coefficient (Wildman–Crippen LogP) is 5.50. The predicted molar refractivity (Wildman–Crippen MR) is 151 cm³/mol. The van der Waals surface area contributed by atoms with E-state index in [0.29, 0.717) is 19.6 Å². The van der Waals surface area contributed by atoms with Crippen molar-refractivity contribution < 1.29 is 14.6 Å². The van der Waals surface area contributed by atoms with Gasteiger partial charge < -0.3 is 24.6 Å². The van der Waals surface area contributed by atoms with E-state index in [4.69, 9.17) is 9.72 Å². The molecule has 1 fully saturated rings. The normalized spacial score (nSPS) is 19.0. The lowest BCUT2D eigenvalue weighted by Gasteiger charge is -2.33. The van der Waals surface area contributed by atoms with Crippen LogP contribution in [-0.4, -0.2) is 57.0 Å². The molecular weight excluding hydrogens is 476 g/mol. The maximum atomic E-state index is 12.6. The molecule has 2 N–H and O–H groups in total. The Morgan fingerprint density at radius 3 is 2.26 bits per heavy atom. The summed E-state index contributed by atoms with van der Waals surface area (Å²) in [6.07, 6.45) is 1.14. The first-order chi connectivity index (χ1) is 17.9. The second-order valence-corrected chi connectivity index (χ2v) is 12.4. The maximum Gasteiger partial charge on any atom is 0.410 e. The molecule has 4 rings (SSSR count). The van der Waals surface area contributed by atoms with Crippen molar-refractivity contribution in [3.05, 3.63) is 78.2 Å². The number of imidazole rings is 1. The summed E-state index contributed by atoms with van der Waals surface area (Å²) in [7, 11) is 0. The molecule has 0 radical (unpaired) electrons. The van der Waals surface area contributed by atoms with Gasteiger partial charge in [-0.05, 0) is 31.7 Å². The molecule has 2 heterocycles. The summed E-state index contributed by atoms with van der Waals surface area (Å²) in [5.74, 6) is 0.857. The number of carbonyl (C=O) groups is 1. The van der Waals surface area contributed by atoms with Gasteiger partial charge in [0.05, 0.1) is 24.4 Å². The van der Waals surface area contributed by atoms with E-state index in [1.165, 1.54) is 5.56 Å². The summed E-state index contributed by atoms with van der Waals surface area (Å²) in [6, 6.07) is 20.6. The van der Waals surface area contributed by atoms with Gasteiger partial charge >= 0.3 is 6.09 Å². The van der Waals surface area contributed by atoms with Gasteiger partial charge in [-0.3, -0.25) is 0 Å². The average molecular weight is 519 g/mol. The van der Waals surface area contributed by atoms with E-state index in [9.17, 15) is 9.90 Å². The van der Waals surface area contributed by atoms with Crippen LogP contribution >= 0.6 is 0 Å². The molecule has 0 saturated carbocycles. The lowest BCUT2D eigenvalue weighted by atomic mass is 9.85. The summed E-state index contributed by atoms with van der Waals surface area (Å²) in [6.45, 7) is 14.2. The van der Waals surface area contributed by atoms with E-state index in [-0.39, 0.29) is 30.0 Å². The van der Waals surface area contributed by atoms with Gasteiger partial charge in [0.2, 0.25) is 0 Å². The van der Waals surface area contributed by atoms with Gasteiger partial charge in [-0.25, -0.2) is 9.78 Å². The molecule has 204 valence electrons. The first-order valence-corrected chi connectivity index (χ1v) is 13.5. The summed E-state index contributed by atoms with van der Waals surface area (Å²) >= 11 is 0. The Kier molecular flexibility index (Phi) is 8.28. The standard InChI is InChI=1S/C31H42N4O3/c1-30(2,3)27(32-17-24-19-35(21-26(24)36)29(37)38-31(4,5)6)28-33-25(23-15-11-8-12-16-23)20-34(28)18-22-13-9-7-10-14-22/h7-16,20,24,26-27,32,36H,17-19,21H2,1-6H3/t24-,26-,27-/m0/s1. The highest BCUT2D eigenvalue weighted by atomic mass is 16.6. The molecule has 0 spiro atoms. The van der Waals surface area contributed by atoms with Crippen LogP contribution in [0.25, 0.3) is 11.3 Å². The van der Waals surface area contributed by atoms with Crippen LogP contribution in [0.1, 0.15) is 59.0 Å². The van der Waals surface area contributed by atoms with Crippen LogP contribution in [0.4, 0.5) is 4.79 Å². The largest absolute Gasteiger partial charge is 0.444 e. The van der Waals surface area contributed by atoms with Crippen molar-refractivity contribution in [1.29, 1.82) is 0 Å². The third kappa shape index (κ3) is 7.03. The fourth-order valence-corrected chi connectivity index (χ4v) is 4.90. The summed E-state index contributed by atoms with van der Waals surface area (Å²) in [4.78, 5) is 19.3. The summed E-state index contributed by atoms with van der Waals surface area (Å²) in [5, 5.41) is 14.5. The number of carbonyl (C=O) groups excluding carboxylic acids is 1. The van der Waals surface area contributed by atoms with Crippen molar-refractivity contribution in [2.24, 2.45) is 11.3 Å². The number of rotatable bonds is 7. The lowest BCUT2D eigenvalue weighted by molar-refractivity contribution is 0.0269. The smallest absolute Gasteiger partial charge is 0.410 e. The monoisotopic (exact) mass is 518 g/mol. The van der Waals surface area contributed by atoms with E-state index in [0.717, 1.165) is 17.1 Å². The maximum absolute atomic E-state index is 12.6. The van der Waals surface area contributed by atoms with Crippen LogP contribution in [0.15, 0.2) is 66.9 Å². The van der Waals surface area contributed by atoms with E-state index in [1.54, 1.807) is 4.90 Å². The van der Waals surface area contributed by atoms with Crippen molar-refractivity contribution in [3.8, 4) is 11.3 Å². The van der Waals surface area contributed by atoms with Gasteiger partial charge in [0.25, 0.3) is 0 Å². The molecule has 0 bridgehead atoms. The van der Waals surface area contributed by atoms with Gasteiger partial charge in [-0.1, -0.05) is 81.4 Å². The Hall–Kier alpha value is -3.16. The number of β-amino-alcohol motifs (C(OH)–C–C–N with tert-alkyl or cyclic N) is 1. The van der Waals surface area contributed by atoms with E-state index >= 15 is 0 Å². The second-order valence-electron chi connectivity index (χ2n) is 12.4. The van der Waals surface area contributed by atoms with E-state index in [1.807, 2.05) is 45.0 Å². The summed E-state index contributed by atoms with van der Waals surface area (Å²) in [5.41, 5.74) is 2.50. The number of benzene rings is 2. The number of aliphatic hydroxyl groups excluding tert-OH is 1. The fourth-order valence-electron chi connectivity index (χ4n) is 4.90. The summed E-state index contributed by atoms with van der Waals surface area (Å²) < 4.78 is 7.76. The molecule has 3 atom stereocenters. The van der Waals surface area contributed by atoms with Crippen molar-refractivity contribution in [2.45, 2.75) is 65.8 Å². The zero-order valence-corrected chi connectivity index (χ0v) is 23.5. The third-order valence-corrected chi connectivity index (χ3v) is 6.84. The average Bonchev–Trinajstić information content (AvgIpc) is 3.42. The molecular formula is C31H42N4O3. The van der Waals surface area contributed by atoms with Crippen LogP contribution in [0.3, 0.4) is 0 Å². The van der Waals surface area contributed by atoms with Gasteiger partial charge in [-0.2, -0.15) is 0 Å². The van der Waals surface area contributed by atoms with Gasteiger partial charge in [-0.15, -0.1) is 0 Å². The highest BCUT2D eigenvalue weighted by Gasteiger charge is 2.38. The Morgan fingerprint density at radius 2 is 1.66 bits per heavy atom. The lowest BCUT2D eigenvalue weighted by Crippen LogP contribution is -2.40. The third-order valence-electron chi connectivity index (χ3n) is 6.84. The molecule has 38 heavy (non-hydrogen) atoms. The fraction of sp³-hybridized carbons (Fsp3) is 0.484. The molecule has 2 aromatic carbocycles. The number of nitrogens with zero attached hydrogens (tertiary/aromatic N) is 3.